The van der Waals surface area contributed by atoms with Crippen LogP contribution in [0.3, 0.4) is 0 Å². The molecule has 0 unspecified atom stereocenters. The SMILES string of the molecule is NCC(=O)O.O=C(O)[C@H](Cc1ccccc1)N[N+](=O)[O-]. The van der Waals surface area contributed by atoms with Crippen molar-refractivity contribution in [2.45, 2.75) is 12.5 Å². The summed E-state index contributed by atoms with van der Waals surface area (Å²) in [5.41, 5.74) is 7.06. The van der Waals surface area contributed by atoms with E-state index in [1.165, 1.54) is 0 Å². The van der Waals surface area contributed by atoms with Crippen molar-refractivity contribution in [1.82, 2.24) is 5.43 Å². The van der Waals surface area contributed by atoms with Gasteiger partial charge in [-0.25, -0.2) is 14.9 Å². The molecule has 0 heterocycles. The molecule has 0 bridgehead atoms. The predicted molar refractivity (Wildman–Crippen MR) is 68.4 cm³/mol. The number of carboxylic acid groups (broad SMARTS) is 2. The highest BCUT2D eigenvalue weighted by atomic mass is 16.7. The molecule has 0 radical (unpaired) electrons. The molecule has 0 spiro atoms. The van der Waals surface area contributed by atoms with Gasteiger partial charge in [0.05, 0.1) is 6.54 Å². The number of benzene rings is 1. The Balaban J connectivity index is 0.000000621. The Morgan fingerprint density at radius 1 is 1.30 bits per heavy atom. The molecule has 0 saturated heterocycles. The van der Waals surface area contributed by atoms with Crippen LogP contribution in [0.2, 0.25) is 0 Å². The van der Waals surface area contributed by atoms with Crippen LogP contribution in [0.5, 0.6) is 0 Å². The summed E-state index contributed by atoms with van der Waals surface area (Å²) in [7, 11) is 0. The molecule has 1 rings (SSSR count). The molecule has 0 aliphatic rings. The molecule has 9 heteroatoms. The van der Waals surface area contributed by atoms with Gasteiger partial charge in [0.1, 0.15) is 0 Å². The highest BCUT2D eigenvalue weighted by Crippen LogP contribution is 2.03. The van der Waals surface area contributed by atoms with Crippen LogP contribution in [0.15, 0.2) is 30.3 Å². The highest BCUT2D eigenvalue weighted by Gasteiger charge is 2.22. The third-order valence-electron chi connectivity index (χ3n) is 2.02. The van der Waals surface area contributed by atoms with Crippen LogP contribution in [0.1, 0.15) is 5.56 Å². The van der Waals surface area contributed by atoms with Crippen LogP contribution < -0.4 is 11.2 Å². The van der Waals surface area contributed by atoms with Crippen LogP contribution in [0.25, 0.3) is 0 Å². The normalized spacial score (nSPS) is 10.7. The summed E-state index contributed by atoms with van der Waals surface area (Å²) in [5, 5.41) is 25.6. The Bertz CT molecular complexity index is 451. The van der Waals surface area contributed by atoms with Gasteiger partial charge < -0.3 is 15.9 Å². The van der Waals surface area contributed by atoms with E-state index in [0.717, 1.165) is 5.56 Å². The van der Waals surface area contributed by atoms with Crippen LogP contribution in [-0.2, 0) is 16.0 Å². The van der Waals surface area contributed by atoms with E-state index < -0.39 is 23.0 Å². The molecule has 1 aromatic carbocycles. The van der Waals surface area contributed by atoms with Crippen LogP contribution in [-0.4, -0.2) is 39.8 Å². The van der Waals surface area contributed by atoms with Gasteiger partial charge in [0.2, 0.25) is 0 Å². The molecule has 20 heavy (non-hydrogen) atoms. The fraction of sp³-hybridized carbons (Fsp3) is 0.273. The number of hydrogen-bond donors (Lipinski definition) is 4. The van der Waals surface area contributed by atoms with Gasteiger partial charge in [-0.3, -0.25) is 4.79 Å². The first-order valence-electron chi connectivity index (χ1n) is 5.46. The second-order valence-electron chi connectivity index (χ2n) is 3.56. The summed E-state index contributed by atoms with van der Waals surface area (Å²) in [4.78, 5) is 30.1. The van der Waals surface area contributed by atoms with Gasteiger partial charge >= 0.3 is 11.9 Å². The van der Waals surface area contributed by atoms with E-state index in [4.69, 9.17) is 10.2 Å². The number of nitro groups is 1. The van der Waals surface area contributed by atoms with Crippen molar-refractivity contribution >= 4 is 11.9 Å². The number of aliphatic carboxylic acids is 2. The Hall–Kier alpha value is -2.68. The van der Waals surface area contributed by atoms with Gasteiger partial charge in [-0.15, -0.1) is 5.43 Å². The first-order chi connectivity index (χ1) is 9.36. The van der Waals surface area contributed by atoms with Crippen LogP contribution >= 0.6 is 0 Å². The maximum absolute atomic E-state index is 10.7. The molecule has 0 amide bonds. The lowest BCUT2D eigenvalue weighted by Gasteiger charge is -2.08. The molecule has 0 aliphatic carbocycles. The third kappa shape index (κ3) is 8.42. The number of nitrogens with one attached hydrogen (secondary N) is 1. The van der Waals surface area contributed by atoms with Crippen molar-refractivity contribution in [3.8, 4) is 0 Å². The Labute approximate surface area is 114 Å². The van der Waals surface area contributed by atoms with E-state index >= 15 is 0 Å². The number of hydrazine groups is 1. The van der Waals surface area contributed by atoms with Crippen molar-refractivity contribution in [3.63, 3.8) is 0 Å². The first kappa shape index (κ1) is 17.3. The molecule has 0 saturated carbocycles. The molecule has 1 aromatic rings. The van der Waals surface area contributed by atoms with Gasteiger partial charge in [0.15, 0.2) is 11.1 Å². The Morgan fingerprint density at radius 3 is 2.15 bits per heavy atom. The fourth-order valence-corrected chi connectivity index (χ4v) is 1.17. The predicted octanol–water partition coefficient (Wildman–Crippen LogP) is -0.507. The largest absolute Gasteiger partial charge is 0.480 e. The van der Waals surface area contributed by atoms with Crippen LogP contribution in [0.4, 0.5) is 0 Å². The molecule has 1 atom stereocenters. The number of rotatable bonds is 6. The zero-order valence-electron chi connectivity index (χ0n) is 10.4. The van der Waals surface area contributed by atoms with Gasteiger partial charge in [0.25, 0.3) is 0 Å². The van der Waals surface area contributed by atoms with E-state index in [1.807, 2.05) is 0 Å². The van der Waals surface area contributed by atoms with E-state index in [9.17, 15) is 19.7 Å². The van der Waals surface area contributed by atoms with Gasteiger partial charge in [0, 0.05) is 6.42 Å². The lowest BCUT2D eigenvalue weighted by molar-refractivity contribution is -0.548. The number of carbonyl (C=O) groups is 2. The van der Waals surface area contributed by atoms with Crippen molar-refractivity contribution in [2.24, 2.45) is 5.73 Å². The molecule has 9 nitrogen and oxygen atoms in total. The maximum Gasteiger partial charge on any atom is 0.332 e. The van der Waals surface area contributed by atoms with Gasteiger partial charge in [-0.2, -0.15) is 0 Å². The average Bonchev–Trinajstić information content (AvgIpc) is 2.39. The minimum absolute atomic E-state index is 0.0805. The van der Waals surface area contributed by atoms with Crippen LogP contribution in [0, 0.1) is 10.1 Å². The molecule has 0 fully saturated rings. The number of nitrogens with two attached hydrogens (primary N) is 1. The average molecular weight is 285 g/mol. The van der Waals surface area contributed by atoms with Gasteiger partial charge in [-0.05, 0) is 5.56 Å². The van der Waals surface area contributed by atoms with E-state index in [-0.39, 0.29) is 13.0 Å². The molecule has 5 N–H and O–H groups in total. The van der Waals surface area contributed by atoms with E-state index in [2.05, 4.69) is 5.73 Å². The molecular formula is C11H15N3O6. The second kappa shape index (κ2) is 9.28. The Kier molecular flexibility index (Phi) is 8.03. The van der Waals surface area contributed by atoms with E-state index in [0.29, 0.717) is 0 Å². The molecule has 110 valence electrons. The maximum atomic E-state index is 10.7. The molecule has 0 aliphatic heterocycles. The summed E-state index contributed by atoms with van der Waals surface area (Å²) >= 11 is 0. The van der Waals surface area contributed by atoms with E-state index in [1.54, 1.807) is 35.8 Å². The summed E-state index contributed by atoms with van der Waals surface area (Å²) in [6.45, 7) is -0.278. The number of hydrogen-bond acceptors (Lipinski definition) is 5. The van der Waals surface area contributed by atoms with Crippen molar-refractivity contribution < 1.29 is 24.8 Å². The fourth-order valence-electron chi connectivity index (χ4n) is 1.17. The minimum atomic E-state index is -1.24. The highest BCUT2D eigenvalue weighted by molar-refractivity contribution is 5.73. The van der Waals surface area contributed by atoms with Crippen molar-refractivity contribution in [3.05, 3.63) is 46.0 Å². The topological polar surface area (TPSA) is 156 Å². The zero-order valence-corrected chi connectivity index (χ0v) is 10.4. The zero-order chi connectivity index (χ0) is 15.5. The quantitative estimate of drug-likeness (QED) is 0.402. The Morgan fingerprint density at radius 2 is 1.80 bits per heavy atom. The lowest BCUT2D eigenvalue weighted by Crippen LogP contribution is -2.41. The summed E-state index contributed by atoms with van der Waals surface area (Å²) in [6.07, 6.45) is 0.0805. The first-order valence-corrected chi connectivity index (χ1v) is 5.46. The minimum Gasteiger partial charge on any atom is -0.480 e. The standard InChI is InChI=1S/C9H10N2O4.C2H5NO2/c12-9(13)8(10-11(14)15)6-7-4-2-1-3-5-7;3-1-2(4)5/h1-5,8,10H,6H2,(H,12,13);1,3H2,(H,4,5)/t8-;/m0./s1. The van der Waals surface area contributed by atoms with Gasteiger partial charge in [-0.1, -0.05) is 30.3 Å². The number of nitrogens with zero attached hydrogens (tertiary/aromatic N) is 1. The van der Waals surface area contributed by atoms with Crippen molar-refractivity contribution in [1.29, 1.82) is 0 Å². The third-order valence-corrected chi connectivity index (χ3v) is 2.02. The second-order valence-corrected chi connectivity index (χ2v) is 3.56. The summed E-state index contributed by atoms with van der Waals surface area (Å²) < 4.78 is 0. The van der Waals surface area contributed by atoms with Crippen molar-refractivity contribution in [2.75, 3.05) is 6.54 Å². The summed E-state index contributed by atoms with van der Waals surface area (Å²) in [6, 6.07) is 7.53. The number of carboxylic acids is 2. The smallest absolute Gasteiger partial charge is 0.332 e. The molecular weight excluding hydrogens is 270 g/mol. The monoisotopic (exact) mass is 285 g/mol. The molecule has 0 aromatic heterocycles. The summed E-state index contributed by atoms with van der Waals surface area (Å²) in [5.74, 6) is -2.21. The lowest BCUT2D eigenvalue weighted by atomic mass is 10.1.